The minimum atomic E-state index is -0.249. The van der Waals surface area contributed by atoms with E-state index >= 15 is 4.39 Å². The summed E-state index contributed by atoms with van der Waals surface area (Å²) in [5, 5.41) is 3.90. The van der Waals surface area contributed by atoms with E-state index in [0.717, 1.165) is 62.4 Å². The summed E-state index contributed by atoms with van der Waals surface area (Å²) in [6, 6.07) is 3.40. The van der Waals surface area contributed by atoms with Gasteiger partial charge in [-0.25, -0.2) is 14.4 Å². The summed E-state index contributed by atoms with van der Waals surface area (Å²) in [5.74, 6) is 1.04. The Bertz CT molecular complexity index is 878. The molecule has 0 saturated carbocycles. The molecule has 5 rings (SSSR count). The molecule has 1 N–H and O–H groups in total. The number of nitrogens with one attached hydrogen (secondary N) is 1. The Hall–Kier alpha value is -1.72. The Morgan fingerprint density at radius 1 is 1.27 bits per heavy atom. The molecule has 26 heavy (non-hydrogen) atoms. The van der Waals surface area contributed by atoms with Crippen LogP contribution in [0, 0.1) is 5.82 Å². The Balaban J connectivity index is 1.71. The van der Waals surface area contributed by atoms with Crippen LogP contribution in [0.1, 0.15) is 48.9 Å². The molecule has 1 saturated heterocycles. The zero-order valence-electron chi connectivity index (χ0n) is 14.9. The van der Waals surface area contributed by atoms with E-state index in [-0.39, 0.29) is 11.2 Å². The van der Waals surface area contributed by atoms with Gasteiger partial charge >= 0.3 is 0 Å². The molecule has 0 amide bonds. The van der Waals surface area contributed by atoms with E-state index in [0.29, 0.717) is 16.6 Å². The molecule has 136 valence electrons. The quantitative estimate of drug-likeness (QED) is 0.818. The molecule has 1 aromatic heterocycles. The summed E-state index contributed by atoms with van der Waals surface area (Å²) in [6.45, 7) is 4.87. The standard InChI is InChI=1S/C20H22ClFN4/c1-12-2-3-16-17(12)19(25-11-24-16)26-10-20(4-6-23-7-5-20)14-8-13(21)9-15(22)18(14)26/h8-9,11-12,23H,2-7,10H2,1H3/t12-/m1/s1. The van der Waals surface area contributed by atoms with Gasteiger partial charge in [0.05, 0.1) is 5.69 Å². The van der Waals surface area contributed by atoms with Gasteiger partial charge in [0.15, 0.2) is 0 Å². The molecule has 1 spiro atoms. The van der Waals surface area contributed by atoms with Gasteiger partial charge in [0.2, 0.25) is 0 Å². The minimum Gasteiger partial charge on any atom is -0.322 e. The van der Waals surface area contributed by atoms with Crippen molar-refractivity contribution in [1.29, 1.82) is 0 Å². The van der Waals surface area contributed by atoms with E-state index in [1.807, 2.05) is 6.07 Å². The number of nitrogens with zero attached hydrogens (tertiary/aromatic N) is 3. The molecule has 1 aromatic carbocycles. The molecule has 0 bridgehead atoms. The van der Waals surface area contributed by atoms with Crippen LogP contribution in [0.25, 0.3) is 0 Å². The topological polar surface area (TPSA) is 41.1 Å². The number of aryl methyl sites for hydroxylation is 1. The van der Waals surface area contributed by atoms with Gasteiger partial charge in [0, 0.05) is 28.2 Å². The molecule has 1 atom stereocenters. The Kier molecular flexibility index (Phi) is 3.73. The average Bonchev–Trinajstić information content (AvgIpc) is 3.15. The lowest BCUT2D eigenvalue weighted by atomic mass is 9.75. The summed E-state index contributed by atoms with van der Waals surface area (Å²) < 4.78 is 15.1. The van der Waals surface area contributed by atoms with Crippen molar-refractivity contribution in [2.24, 2.45) is 0 Å². The molecular formula is C20H22ClFN4. The number of fused-ring (bicyclic) bond motifs is 3. The largest absolute Gasteiger partial charge is 0.322 e. The first-order chi connectivity index (χ1) is 12.6. The normalized spacial score (nSPS) is 23.3. The van der Waals surface area contributed by atoms with Gasteiger partial charge in [-0.15, -0.1) is 0 Å². The van der Waals surface area contributed by atoms with Crippen molar-refractivity contribution >= 4 is 23.1 Å². The summed E-state index contributed by atoms with van der Waals surface area (Å²) in [4.78, 5) is 11.2. The molecule has 3 heterocycles. The van der Waals surface area contributed by atoms with Gasteiger partial charge in [-0.3, -0.25) is 0 Å². The van der Waals surface area contributed by atoms with Crippen molar-refractivity contribution in [3.63, 3.8) is 0 Å². The second kappa shape index (κ2) is 5.89. The van der Waals surface area contributed by atoms with Gasteiger partial charge < -0.3 is 10.2 Å². The highest BCUT2D eigenvalue weighted by atomic mass is 35.5. The summed E-state index contributed by atoms with van der Waals surface area (Å²) in [6.07, 6.45) is 5.66. The first kappa shape index (κ1) is 16.5. The Labute approximate surface area is 157 Å². The van der Waals surface area contributed by atoms with Gasteiger partial charge in [-0.2, -0.15) is 0 Å². The summed E-state index contributed by atoms with van der Waals surface area (Å²) in [7, 11) is 0. The zero-order valence-corrected chi connectivity index (χ0v) is 15.6. The van der Waals surface area contributed by atoms with Crippen LogP contribution in [0.3, 0.4) is 0 Å². The van der Waals surface area contributed by atoms with Crippen LogP contribution in [0.4, 0.5) is 15.9 Å². The lowest BCUT2D eigenvalue weighted by molar-refractivity contribution is 0.329. The highest BCUT2D eigenvalue weighted by molar-refractivity contribution is 6.30. The fourth-order valence-corrected chi connectivity index (χ4v) is 5.27. The maximum Gasteiger partial charge on any atom is 0.148 e. The number of aromatic nitrogens is 2. The number of halogens is 2. The summed E-state index contributed by atoms with van der Waals surface area (Å²) in [5.41, 5.74) is 3.95. The highest BCUT2D eigenvalue weighted by Crippen LogP contribution is 2.52. The molecular weight excluding hydrogens is 351 g/mol. The maximum absolute atomic E-state index is 15.1. The van der Waals surface area contributed by atoms with E-state index in [4.69, 9.17) is 11.6 Å². The maximum atomic E-state index is 15.1. The zero-order chi connectivity index (χ0) is 17.9. The molecule has 0 unspecified atom stereocenters. The van der Waals surface area contributed by atoms with Crippen LogP contribution in [-0.4, -0.2) is 29.6 Å². The molecule has 6 heteroatoms. The van der Waals surface area contributed by atoms with Crippen molar-refractivity contribution < 1.29 is 4.39 Å². The fourth-order valence-electron chi connectivity index (χ4n) is 5.06. The van der Waals surface area contributed by atoms with Gasteiger partial charge in [0.1, 0.15) is 18.0 Å². The monoisotopic (exact) mass is 372 g/mol. The summed E-state index contributed by atoms with van der Waals surface area (Å²) >= 11 is 6.24. The molecule has 1 fully saturated rings. The van der Waals surface area contributed by atoms with Gasteiger partial charge in [-0.05, 0) is 62.4 Å². The lowest BCUT2D eigenvalue weighted by Gasteiger charge is -2.35. The predicted molar refractivity (Wildman–Crippen MR) is 101 cm³/mol. The van der Waals surface area contributed by atoms with Gasteiger partial charge in [0.25, 0.3) is 0 Å². The highest BCUT2D eigenvalue weighted by Gasteiger charge is 2.46. The first-order valence-corrected chi connectivity index (χ1v) is 9.78. The van der Waals surface area contributed by atoms with Crippen molar-refractivity contribution in [3.05, 3.63) is 46.1 Å². The molecule has 2 aliphatic heterocycles. The number of hydrogen-bond acceptors (Lipinski definition) is 4. The van der Waals surface area contributed by atoms with Crippen molar-refractivity contribution in [2.75, 3.05) is 24.5 Å². The van der Waals surface area contributed by atoms with Crippen LogP contribution in [0.5, 0.6) is 0 Å². The first-order valence-electron chi connectivity index (χ1n) is 9.41. The van der Waals surface area contributed by atoms with Gasteiger partial charge in [-0.1, -0.05) is 18.5 Å². The van der Waals surface area contributed by atoms with Crippen LogP contribution < -0.4 is 10.2 Å². The number of piperidine rings is 1. The third-order valence-electron chi connectivity index (χ3n) is 6.40. The smallest absolute Gasteiger partial charge is 0.148 e. The van der Waals surface area contributed by atoms with E-state index in [2.05, 4.69) is 27.1 Å². The van der Waals surface area contributed by atoms with Crippen LogP contribution in [-0.2, 0) is 11.8 Å². The Morgan fingerprint density at radius 3 is 2.88 bits per heavy atom. The van der Waals surface area contributed by atoms with E-state index < -0.39 is 0 Å². The Morgan fingerprint density at radius 2 is 2.08 bits per heavy atom. The molecule has 0 radical (unpaired) electrons. The number of hydrogen-bond donors (Lipinski definition) is 1. The molecule has 2 aromatic rings. The second-order valence-corrected chi connectivity index (χ2v) is 8.33. The van der Waals surface area contributed by atoms with Crippen molar-refractivity contribution in [3.8, 4) is 0 Å². The minimum absolute atomic E-state index is 0.0635. The number of rotatable bonds is 1. The van der Waals surface area contributed by atoms with Crippen LogP contribution in [0.2, 0.25) is 5.02 Å². The predicted octanol–water partition coefficient (Wildman–Crippen LogP) is 4.09. The lowest BCUT2D eigenvalue weighted by Crippen LogP contribution is -2.42. The number of anilines is 2. The fraction of sp³-hybridized carbons (Fsp3) is 0.500. The third kappa shape index (κ3) is 2.30. The van der Waals surface area contributed by atoms with Crippen LogP contribution in [0.15, 0.2) is 18.5 Å². The van der Waals surface area contributed by atoms with Crippen molar-refractivity contribution in [2.45, 2.75) is 43.9 Å². The molecule has 4 nitrogen and oxygen atoms in total. The molecule has 3 aliphatic rings. The SMILES string of the molecule is C[C@@H]1CCc2ncnc(N3CC4(CCNCC4)c4cc(Cl)cc(F)c43)c21. The third-order valence-corrected chi connectivity index (χ3v) is 6.62. The molecule has 1 aliphatic carbocycles. The van der Waals surface area contributed by atoms with E-state index in [1.54, 1.807) is 6.33 Å². The van der Waals surface area contributed by atoms with E-state index in [1.165, 1.54) is 11.6 Å². The van der Waals surface area contributed by atoms with Crippen molar-refractivity contribution in [1.82, 2.24) is 15.3 Å². The number of benzene rings is 1. The average molecular weight is 373 g/mol. The van der Waals surface area contributed by atoms with Crippen LogP contribution >= 0.6 is 11.6 Å². The second-order valence-electron chi connectivity index (χ2n) is 7.90. The van der Waals surface area contributed by atoms with E-state index in [9.17, 15) is 0 Å².